The minimum Gasteiger partial charge on any atom is -0.479 e. The van der Waals surface area contributed by atoms with Crippen LogP contribution in [0.3, 0.4) is 0 Å². The molecule has 256 valence electrons. The quantitative estimate of drug-likeness (QED) is 0.143. The first-order valence-corrected chi connectivity index (χ1v) is 18.0. The Labute approximate surface area is 265 Å². The first kappa shape index (κ1) is 36.2. The molecule has 13 heteroatoms. The number of carbonyl (C=O) groups is 2. The van der Waals surface area contributed by atoms with Gasteiger partial charge in [-0.25, -0.2) is 4.79 Å². The minimum atomic E-state index is -4.55. The molecular weight excluding hydrogens is 603 g/mol. The van der Waals surface area contributed by atoms with Crippen LogP contribution in [0, 0.1) is 28.6 Å². The smallest absolute Gasteiger partial charge is 0.331 e. The van der Waals surface area contributed by atoms with E-state index in [0.717, 1.165) is 25.7 Å². The predicted molar refractivity (Wildman–Crippen MR) is 167 cm³/mol. The van der Waals surface area contributed by atoms with Crippen molar-refractivity contribution in [3.05, 3.63) is 23.3 Å². The molecule has 0 spiro atoms. The Morgan fingerprint density at radius 3 is 2.47 bits per heavy atom. The number of carboxylic acids is 1. The van der Waals surface area contributed by atoms with Gasteiger partial charge in [0.15, 0.2) is 5.54 Å². The Hall–Kier alpha value is -1.63. The van der Waals surface area contributed by atoms with Gasteiger partial charge in [-0.1, -0.05) is 51.8 Å². The summed E-state index contributed by atoms with van der Waals surface area (Å²) in [7, 11) is -4.55. The van der Waals surface area contributed by atoms with E-state index in [1.54, 1.807) is 0 Å². The molecule has 0 radical (unpaired) electrons. The number of aliphatic hydroxyl groups excluding tert-OH is 4. The summed E-state index contributed by atoms with van der Waals surface area (Å²) in [6.45, 7) is 8.58. The van der Waals surface area contributed by atoms with Crippen LogP contribution >= 0.6 is 7.60 Å². The van der Waals surface area contributed by atoms with Crippen molar-refractivity contribution >= 4 is 19.5 Å². The first-order chi connectivity index (χ1) is 20.9. The summed E-state index contributed by atoms with van der Waals surface area (Å²) in [5.74, 6) is -1.05. The lowest BCUT2D eigenvalue weighted by atomic mass is 9.46. The van der Waals surface area contributed by atoms with Gasteiger partial charge < -0.3 is 45.6 Å². The van der Waals surface area contributed by atoms with E-state index < -0.39 is 80.2 Å². The van der Waals surface area contributed by atoms with Gasteiger partial charge in [-0.2, -0.15) is 0 Å². The third kappa shape index (κ3) is 7.28. The standard InChI is InChI=1S/C32H53N2O10P/c1-18(2)19-7-9-22-20(13-19)8-10-25-30(22,3)11-6-12-31(25,4)28(39)34-32(5,29(40)41)17-44-45(42,43)16-21(36)14-23-26(37)27(38)24(15-35)33-23/h8,13,18,21-27,33,35-38H,6-7,9-12,14-17H2,1-5H3,(H,34,39)(H,40,41)(H,42,43)/t21-,22+,23-,24-,25?,26-,27-,30+,31-,32?/m1/s1. The number of aliphatic hydroxyl groups is 4. The van der Waals surface area contributed by atoms with Crippen molar-refractivity contribution in [2.45, 2.75) is 115 Å². The summed E-state index contributed by atoms with van der Waals surface area (Å²) in [5.41, 5.74) is -0.215. The Kier molecular flexibility index (Phi) is 10.8. The van der Waals surface area contributed by atoms with E-state index in [0.29, 0.717) is 24.7 Å². The second-order valence-electron chi connectivity index (χ2n) is 14.9. The van der Waals surface area contributed by atoms with E-state index in [9.17, 15) is 44.6 Å². The van der Waals surface area contributed by atoms with Crippen molar-refractivity contribution in [2.24, 2.45) is 28.6 Å². The molecule has 1 aliphatic heterocycles. The number of hydrogen-bond donors (Lipinski definition) is 8. The number of carbonyl (C=O) groups excluding carboxylic acids is 1. The van der Waals surface area contributed by atoms with Crippen molar-refractivity contribution in [3.8, 4) is 0 Å². The third-order valence-corrected chi connectivity index (χ3v) is 12.7. The second-order valence-corrected chi connectivity index (χ2v) is 16.8. The second kappa shape index (κ2) is 13.5. The number of amides is 1. The number of allylic oxidation sites excluding steroid dienone is 4. The monoisotopic (exact) mass is 656 g/mol. The van der Waals surface area contributed by atoms with Gasteiger partial charge in [-0.3, -0.25) is 9.36 Å². The van der Waals surface area contributed by atoms with E-state index in [1.807, 2.05) is 6.92 Å². The van der Waals surface area contributed by atoms with Crippen molar-refractivity contribution in [1.29, 1.82) is 0 Å². The maximum absolute atomic E-state index is 14.0. The Morgan fingerprint density at radius 2 is 1.87 bits per heavy atom. The molecule has 4 rings (SSSR count). The van der Waals surface area contributed by atoms with Crippen molar-refractivity contribution in [2.75, 3.05) is 19.4 Å². The normalized spacial score (nSPS) is 38.2. The molecule has 3 aliphatic carbocycles. The number of hydrogen-bond acceptors (Lipinski definition) is 9. The van der Waals surface area contributed by atoms with Gasteiger partial charge in [-0.15, -0.1) is 0 Å². The molecule has 0 aromatic rings. The zero-order valence-electron chi connectivity index (χ0n) is 27.1. The largest absolute Gasteiger partial charge is 0.479 e. The highest BCUT2D eigenvalue weighted by Crippen LogP contribution is 2.62. The number of carboxylic acid groups (broad SMARTS) is 1. The molecule has 4 aliphatic rings. The van der Waals surface area contributed by atoms with Gasteiger partial charge in [-0.05, 0) is 74.2 Å². The summed E-state index contributed by atoms with van der Waals surface area (Å²) in [6, 6.07) is -1.65. The molecule has 3 unspecified atom stereocenters. The van der Waals surface area contributed by atoms with Crippen LogP contribution in [0.5, 0.6) is 0 Å². The number of fused-ring (bicyclic) bond motifs is 3. The van der Waals surface area contributed by atoms with Gasteiger partial charge in [0.05, 0.1) is 49.1 Å². The van der Waals surface area contributed by atoms with E-state index in [2.05, 4.69) is 43.6 Å². The van der Waals surface area contributed by atoms with Gasteiger partial charge >= 0.3 is 13.6 Å². The molecule has 1 amide bonds. The fourth-order valence-electron chi connectivity index (χ4n) is 8.39. The van der Waals surface area contributed by atoms with Gasteiger partial charge in [0.1, 0.15) is 0 Å². The van der Waals surface area contributed by atoms with Crippen LogP contribution in [0.1, 0.15) is 79.6 Å². The summed E-state index contributed by atoms with van der Waals surface area (Å²) < 4.78 is 18.1. The molecule has 11 atom stereocenters. The molecule has 1 saturated carbocycles. The Morgan fingerprint density at radius 1 is 1.20 bits per heavy atom. The molecule has 2 fully saturated rings. The van der Waals surface area contributed by atoms with Crippen molar-refractivity contribution in [1.82, 2.24) is 10.6 Å². The highest BCUT2D eigenvalue weighted by atomic mass is 31.2. The van der Waals surface area contributed by atoms with Crippen LogP contribution in [0.25, 0.3) is 0 Å². The van der Waals surface area contributed by atoms with E-state index in [4.69, 9.17) is 4.52 Å². The lowest BCUT2D eigenvalue weighted by molar-refractivity contribution is -0.155. The van der Waals surface area contributed by atoms with E-state index in [-0.39, 0.29) is 17.8 Å². The molecule has 0 aromatic heterocycles. The Balaban J connectivity index is 1.43. The zero-order valence-corrected chi connectivity index (χ0v) is 28.0. The highest BCUT2D eigenvalue weighted by molar-refractivity contribution is 7.52. The third-order valence-electron chi connectivity index (χ3n) is 11.3. The van der Waals surface area contributed by atoms with Gasteiger partial charge in [0, 0.05) is 6.04 Å². The molecule has 12 nitrogen and oxygen atoms in total. The summed E-state index contributed by atoms with van der Waals surface area (Å²) in [4.78, 5) is 37.0. The van der Waals surface area contributed by atoms with Crippen LogP contribution in [0.4, 0.5) is 0 Å². The fourth-order valence-corrected chi connectivity index (χ4v) is 9.64. The predicted octanol–water partition coefficient (Wildman–Crippen LogP) is 2.09. The SMILES string of the molecule is CC(C)C1=CC2=CCC3[C@](C)(C(=O)NC(C)(COP(=O)(O)C[C@H](O)C[C@H]4N[C@H](CO)[C@@H](O)[C@@H]4O)C(=O)O)CCC[C@@]3(C)[C@H]2CC1. The topological polar surface area (TPSA) is 206 Å². The maximum Gasteiger partial charge on any atom is 0.331 e. The molecule has 0 bridgehead atoms. The van der Waals surface area contributed by atoms with Crippen LogP contribution in [-0.2, 0) is 18.7 Å². The molecular formula is C32H53N2O10P. The zero-order chi connectivity index (χ0) is 33.5. The van der Waals surface area contributed by atoms with Crippen molar-refractivity contribution in [3.63, 3.8) is 0 Å². The average molecular weight is 657 g/mol. The summed E-state index contributed by atoms with van der Waals surface area (Å²) in [5, 5.41) is 55.4. The average Bonchev–Trinajstić information content (AvgIpc) is 3.23. The molecule has 1 heterocycles. The number of aliphatic carboxylic acids is 1. The maximum atomic E-state index is 14.0. The lowest BCUT2D eigenvalue weighted by Crippen LogP contribution is -2.62. The van der Waals surface area contributed by atoms with Crippen molar-refractivity contribution < 1.29 is 49.1 Å². The van der Waals surface area contributed by atoms with E-state index >= 15 is 0 Å². The van der Waals surface area contributed by atoms with Crippen LogP contribution in [0.2, 0.25) is 0 Å². The Bertz CT molecular complexity index is 1240. The van der Waals surface area contributed by atoms with E-state index in [1.165, 1.54) is 18.1 Å². The number of nitrogens with one attached hydrogen (secondary N) is 2. The first-order valence-electron chi connectivity index (χ1n) is 16.2. The van der Waals surface area contributed by atoms with Crippen LogP contribution < -0.4 is 10.6 Å². The lowest BCUT2D eigenvalue weighted by Gasteiger charge is -2.58. The van der Waals surface area contributed by atoms with Gasteiger partial charge in [0.25, 0.3) is 0 Å². The minimum absolute atomic E-state index is 0.0111. The van der Waals surface area contributed by atoms with Crippen LogP contribution in [-0.4, -0.2) is 97.6 Å². The molecule has 45 heavy (non-hydrogen) atoms. The molecule has 8 N–H and O–H groups in total. The molecule has 0 aromatic carbocycles. The van der Waals surface area contributed by atoms with Crippen LogP contribution in [0.15, 0.2) is 23.3 Å². The molecule has 1 saturated heterocycles. The summed E-state index contributed by atoms with van der Waals surface area (Å²) in [6.07, 6.45) is 4.76. The summed E-state index contributed by atoms with van der Waals surface area (Å²) >= 11 is 0. The highest BCUT2D eigenvalue weighted by Gasteiger charge is 2.58. The van der Waals surface area contributed by atoms with Gasteiger partial charge in [0.2, 0.25) is 5.91 Å². The fraction of sp³-hybridized carbons (Fsp3) is 0.812. The number of rotatable bonds is 12.